The average molecular weight is 337 g/mol. The summed E-state index contributed by atoms with van der Waals surface area (Å²) >= 11 is 0. The van der Waals surface area contributed by atoms with Gasteiger partial charge in [0.05, 0.1) is 5.69 Å². The van der Waals surface area contributed by atoms with E-state index in [2.05, 4.69) is 15.0 Å². The molecule has 3 rings (SSSR count). The molecule has 0 unspecified atom stereocenters. The van der Waals surface area contributed by atoms with Gasteiger partial charge >= 0.3 is 0 Å². The molecule has 8 heteroatoms. The second kappa shape index (κ2) is 6.36. The van der Waals surface area contributed by atoms with E-state index in [0.717, 1.165) is 5.56 Å². The Labute approximate surface area is 142 Å². The van der Waals surface area contributed by atoms with Crippen LogP contribution in [-0.2, 0) is 0 Å². The molecule has 25 heavy (non-hydrogen) atoms. The summed E-state index contributed by atoms with van der Waals surface area (Å²) in [7, 11) is 0. The lowest BCUT2D eigenvalue weighted by molar-refractivity contribution is 0.451. The van der Waals surface area contributed by atoms with E-state index in [0.29, 0.717) is 16.8 Å². The number of guanidine groups is 1. The molecule has 8 nitrogen and oxygen atoms in total. The molecule has 3 aromatic rings. The van der Waals surface area contributed by atoms with Crippen LogP contribution in [0.2, 0.25) is 0 Å². The van der Waals surface area contributed by atoms with E-state index in [1.54, 1.807) is 12.1 Å². The van der Waals surface area contributed by atoms with Crippen LogP contribution >= 0.6 is 0 Å². The maximum atomic E-state index is 10.2. The molecular weight excluding hydrogens is 322 g/mol. The lowest BCUT2D eigenvalue weighted by atomic mass is 10.00. The van der Waals surface area contributed by atoms with Gasteiger partial charge in [-0.15, -0.1) is 0 Å². The van der Waals surface area contributed by atoms with Crippen LogP contribution < -0.4 is 11.5 Å². The first-order valence-electron chi connectivity index (χ1n) is 7.22. The number of nitrogens with zero attached hydrogens (tertiary/aromatic N) is 3. The largest absolute Gasteiger partial charge is 0.508 e. The minimum absolute atomic E-state index is 0.0324. The number of phenols is 3. The van der Waals surface area contributed by atoms with Crippen LogP contribution in [0.3, 0.4) is 0 Å². The molecule has 0 bridgehead atoms. The lowest BCUT2D eigenvalue weighted by Crippen LogP contribution is -2.22. The van der Waals surface area contributed by atoms with Gasteiger partial charge in [0.25, 0.3) is 5.95 Å². The smallest absolute Gasteiger partial charge is 0.253 e. The van der Waals surface area contributed by atoms with Crippen molar-refractivity contribution in [1.82, 2.24) is 9.97 Å². The molecule has 1 aromatic heterocycles. The molecule has 2 aromatic carbocycles. The first-order chi connectivity index (χ1) is 11.9. The van der Waals surface area contributed by atoms with Crippen LogP contribution in [0.5, 0.6) is 17.2 Å². The molecule has 0 aliphatic rings. The summed E-state index contributed by atoms with van der Waals surface area (Å²) in [5.74, 6) is -0.278. The van der Waals surface area contributed by atoms with Crippen molar-refractivity contribution in [3.8, 4) is 39.6 Å². The van der Waals surface area contributed by atoms with Gasteiger partial charge in [0.1, 0.15) is 17.2 Å². The van der Waals surface area contributed by atoms with Crippen molar-refractivity contribution >= 4 is 11.9 Å². The third kappa shape index (κ3) is 3.42. The number of hydrogen-bond donors (Lipinski definition) is 5. The molecule has 0 amide bonds. The Kier molecular flexibility index (Phi) is 4.09. The second-order valence-corrected chi connectivity index (χ2v) is 5.22. The molecule has 0 saturated heterocycles. The summed E-state index contributed by atoms with van der Waals surface area (Å²) in [6.45, 7) is 0. The van der Waals surface area contributed by atoms with Crippen LogP contribution in [0.4, 0.5) is 5.95 Å². The van der Waals surface area contributed by atoms with E-state index in [1.807, 2.05) is 0 Å². The van der Waals surface area contributed by atoms with Crippen LogP contribution in [-0.4, -0.2) is 31.2 Å². The molecule has 126 valence electrons. The number of aromatic hydroxyl groups is 3. The highest BCUT2D eigenvalue weighted by Crippen LogP contribution is 2.37. The van der Waals surface area contributed by atoms with Gasteiger partial charge in [0.15, 0.2) is 5.96 Å². The molecule has 0 radical (unpaired) electrons. The van der Waals surface area contributed by atoms with Crippen molar-refractivity contribution in [3.05, 3.63) is 48.7 Å². The van der Waals surface area contributed by atoms with Gasteiger partial charge < -0.3 is 26.8 Å². The van der Waals surface area contributed by atoms with E-state index in [9.17, 15) is 15.3 Å². The van der Waals surface area contributed by atoms with Crippen molar-refractivity contribution in [2.45, 2.75) is 0 Å². The summed E-state index contributed by atoms with van der Waals surface area (Å²) in [4.78, 5) is 12.2. The summed E-state index contributed by atoms with van der Waals surface area (Å²) in [6.07, 6.45) is 1.52. The molecule has 0 fully saturated rings. The normalized spacial score (nSPS) is 10.4. The number of hydrogen-bond acceptors (Lipinski definition) is 6. The number of nitrogens with two attached hydrogens (primary N) is 2. The minimum Gasteiger partial charge on any atom is -0.508 e. The second-order valence-electron chi connectivity index (χ2n) is 5.22. The van der Waals surface area contributed by atoms with Crippen LogP contribution in [0.25, 0.3) is 22.4 Å². The molecule has 1 heterocycles. The highest BCUT2D eigenvalue weighted by atomic mass is 16.3. The zero-order valence-corrected chi connectivity index (χ0v) is 13.0. The van der Waals surface area contributed by atoms with Gasteiger partial charge in [-0.2, -0.15) is 4.99 Å². The number of phenolic OH excluding ortho intramolecular Hbond substituents is 3. The van der Waals surface area contributed by atoms with Gasteiger partial charge in [0, 0.05) is 23.4 Å². The van der Waals surface area contributed by atoms with Crippen molar-refractivity contribution in [2.75, 3.05) is 0 Å². The topological polar surface area (TPSA) is 151 Å². The van der Waals surface area contributed by atoms with Gasteiger partial charge in [0.2, 0.25) is 0 Å². The maximum absolute atomic E-state index is 10.2. The van der Waals surface area contributed by atoms with Crippen molar-refractivity contribution in [3.63, 3.8) is 0 Å². The fourth-order valence-corrected chi connectivity index (χ4v) is 2.32. The fourth-order valence-electron chi connectivity index (χ4n) is 2.32. The molecule has 0 atom stereocenters. The van der Waals surface area contributed by atoms with Crippen LogP contribution in [0.1, 0.15) is 0 Å². The highest BCUT2D eigenvalue weighted by molar-refractivity contribution is 5.84. The maximum Gasteiger partial charge on any atom is 0.253 e. The summed E-state index contributed by atoms with van der Waals surface area (Å²) in [5.41, 5.74) is 12.8. The third-order valence-electron chi connectivity index (χ3n) is 3.42. The highest BCUT2D eigenvalue weighted by Gasteiger charge is 2.15. The third-order valence-corrected chi connectivity index (χ3v) is 3.42. The van der Waals surface area contributed by atoms with Crippen LogP contribution in [0.15, 0.2) is 53.7 Å². The summed E-state index contributed by atoms with van der Waals surface area (Å²) in [5, 5.41) is 29.2. The Balaban J connectivity index is 2.24. The van der Waals surface area contributed by atoms with E-state index in [1.165, 1.54) is 36.5 Å². The van der Waals surface area contributed by atoms with Crippen molar-refractivity contribution in [2.24, 2.45) is 16.5 Å². The van der Waals surface area contributed by atoms with E-state index in [-0.39, 0.29) is 29.2 Å². The average Bonchev–Trinajstić information content (AvgIpc) is 2.55. The standard InChI is InChI=1S/C17H15N5O3/c18-16(19)22-17-20-8-13(9-1-3-10(23)4-2-9)15(21-17)12-6-5-11(24)7-14(12)25/h1-8,23-25H,(H4,18,19,20,21,22). The molecule has 0 aliphatic heterocycles. The zero-order valence-electron chi connectivity index (χ0n) is 13.0. The Morgan fingerprint density at radius 1 is 0.880 bits per heavy atom. The first-order valence-corrected chi connectivity index (χ1v) is 7.22. The molecule has 7 N–H and O–H groups in total. The SMILES string of the molecule is NC(N)=Nc1ncc(-c2ccc(O)cc2)c(-c2ccc(O)cc2O)n1. The molecular formula is C17H15N5O3. The molecule has 0 aliphatic carbocycles. The van der Waals surface area contributed by atoms with Gasteiger partial charge in [-0.25, -0.2) is 9.97 Å². The van der Waals surface area contributed by atoms with E-state index >= 15 is 0 Å². The van der Waals surface area contributed by atoms with Crippen LogP contribution in [0, 0.1) is 0 Å². The van der Waals surface area contributed by atoms with Gasteiger partial charge in [-0.3, -0.25) is 0 Å². The van der Waals surface area contributed by atoms with E-state index in [4.69, 9.17) is 11.5 Å². The number of rotatable bonds is 3. The fraction of sp³-hybridized carbons (Fsp3) is 0. The molecule has 0 saturated carbocycles. The Morgan fingerprint density at radius 2 is 1.56 bits per heavy atom. The number of aliphatic imine (C=N–C) groups is 1. The molecule has 0 spiro atoms. The number of benzene rings is 2. The van der Waals surface area contributed by atoms with Gasteiger partial charge in [-0.1, -0.05) is 12.1 Å². The summed E-state index contributed by atoms with van der Waals surface area (Å²) in [6, 6.07) is 10.6. The Hall–Kier alpha value is -3.81. The van der Waals surface area contributed by atoms with Gasteiger partial charge in [-0.05, 0) is 29.8 Å². The first kappa shape index (κ1) is 16.1. The Morgan fingerprint density at radius 3 is 2.20 bits per heavy atom. The predicted molar refractivity (Wildman–Crippen MR) is 93.4 cm³/mol. The van der Waals surface area contributed by atoms with E-state index < -0.39 is 0 Å². The quantitative estimate of drug-likeness (QED) is 0.361. The predicted octanol–water partition coefficient (Wildman–Crippen LogP) is 1.83. The summed E-state index contributed by atoms with van der Waals surface area (Å²) < 4.78 is 0. The number of aromatic nitrogens is 2. The Bertz CT molecular complexity index is 951. The van der Waals surface area contributed by atoms with Crippen molar-refractivity contribution in [1.29, 1.82) is 0 Å². The van der Waals surface area contributed by atoms with Crippen molar-refractivity contribution < 1.29 is 15.3 Å². The monoisotopic (exact) mass is 337 g/mol. The zero-order chi connectivity index (χ0) is 18.0. The minimum atomic E-state index is -0.196. The lowest BCUT2D eigenvalue weighted by Gasteiger charge is -2.11.